The molecule has 0 fully saturated rings. The summed E-state index contributed by atoms with van der Waals surface area (Å²) in [5.41, 5.74) is 1.68. The molecule has 1 heterocycles. The largest absolute Gasteiger partial charge is 0.497 e. The molecule has 0 saturated carbocycles. The summed E-state index contributed by atoms with van der Waals surface area (Å²) in [6.07, 6.45) is 0. The Morgan fingerprint density at radius 2 is 1.96 bits per heavy atom. The van der Waals surface area contributed by atoms with Crippen LogP contribution in [0.25, 0.3) is 11.4 Å². The summed E-state index contributed by atoms with van der Waals surface area (Å²) in [6, 6.07) is 12.2. The first-order valence-corrected chi connectivity index (χ1v) is 7.55. The Kier molecular flexibility index (Phi) is 4.65. The number of hydrogen-bond donors (Lipinski definition) is 1. The van der Waals surface area contributed by atoms with Crippen LogP contribution in [0.2, 0.25) is 0 Å². The van der Waals surface area contributed by atoms with Gasteiger partial charge in [0.25, 0.3) is 5.91 Å². The fraction of sp³-hybridized carbons (Fsp3) is 0.167. The van der Waals surface area contributed by atoms with E-state index >= 15 is 0 Å². The molecule has 0 saturated heterocycles. The number of methoxy groups -OCH3 is 2. The lowest BCUT2D eigenvalue weighted by Crippen LogP contribution is -2.12. The van der Waals surface area contributed by atoms with Gasteiger partial charge in [-0.25, -0.2) is 0 Å². The molecule has 0 unspecified atom stereocenters. The second kappa shape index (κ2) is 7.04. The third-order valence-corrected chi connectivity index (χ3v) is 3.57. The first kappa shape index (κ1) is 16.5. The second-order valence-electron chi connectivity index (χ2n) is 5.24. The molecule has 0 spiro atoms. The van der Waals surface area contributed by atoms with Crippen LogP contribution >= 0.6 is 0 Å². The van der Waals surface area contributed by atoms with Gasteiger partial charge in [-0.15, -0.1) is 0 Å². The van der Waals surface area contributed by atoms with Crippen molar-refractivity contribution in [3.63, 3.8) is 0 Å². The van der Waals surface area contributed by atoms with Crippen molar-refractivity contribution in [3.8, 4) is 22.9 Å². The quantitative estimate of drug-likeness (QED) is 0.767. The van der Waals surface area contributed by atoms with E-state index in [4.69, 9.17) is 14.0 Å². The van der Waals surface area contributed by atoms with E-state index in [0.29, 0.717) is 40.0 Å². The average molecular weight is 339 g/mol. The number of aromatic nitrogens is 2. The zero-order valence-electron chi connectivity index (χ0n) is 14.1. The SMILES string of the molecule is COc1ccc(OC)c(NC(=O)c2cccc(-c3noc(C)n3)c2)c1. The Morgan fingerprint density at radius 1 is 1.12 bits per heavy atom. The lowest BCUT2D eigenvalue weighted by Gasteiger charge is -2.12. The van der Waals surface area contributed by atoms with Crippen LogP contribution in [0.1, 0.15) is 16.2 Å². The van der Waals surface area contributed by atoms with Crippen molar-refractivity contribution < 1.29 is 18.8 Å². The van der Waals surface area contributed by atoms with Crippen LogP contribution in [-0.2, 0) is 0 Å². The number of nitrogens with one attached hydrogen (secondary N) is 1. The summed E-state index contributed by atoms with van der Waals surface area (Å²) in [5.74, 6) is 1.77. The summed E-state index contributed by atoms with van der Waals surface area (Å²) in [5, 5.41) is 6.69. The highest BCUT2D eigenvalue weighted by atomic mass is 16.5. The first-order valence-electron chi connectivity index (χ1n) is 7.55. The molecule has 0 aliphatic carbocycles. The molecule has 3 aromatic rings. The van der Waals surface area contributed by atoms with Gasteiger partial charge in [-0.2, -0.15) is 4.98 Å². The van der Waals surface area contributed by atoms with E-state index in [1.165, 1.54) is 7.11 Å². The number of hydrogen-bond acceptors (Lipinski definition) is 6. The third kappa shape index (κ3) is 3.60. The van der Waals surface area contributed by atoms with Crippen LogP contribution < -0.4 is 14.8 Å². The van der Waals surface area contributed by atoms with Crippen LogP contribution in [-0.4, -0.2) is 30.3 Å². The van der Waals surface area contributed by atoms with Gasteiger partial charge in [-0.05, 0) is 24.3 Å². The smallest absolute Gasteiger partial charge is 0.255 e. The van der Waals surface area contributed by atoms with Crippen LogP contribution in [0.4, 0.5) is 5.69 Å². The van der Waals surface area contributed by atoms with Crippen molar-refractivity contribution in [1.82, 2.24) is 10.1 Å². The standard InChI is InChI=1S/C18H17N3O4/c1-11-19-17(21-25-11)12-5-4-6-13(9-12)18(22)20-15-10-14(23-2)7-8-16(15)24-3/h4-10H,1-3H3,(H,20,22). The summed E-state index contributed by atoms with van der Waals surface area (Å²) in [6.45, 7) is 1.71. The van der Waals surface area contributed by atoms with Gasteiger partial charge in [-0.1, -0.05) is 17.3 Å². The molecule has 1 amide bonds. The molecule has 128 valence electrons. The van der Waals surface area contributed by atoms with Crippen molar-refractivity contribution in [2.45, 2.75) is 6.92 Å². The Bertz CT molecular complexity index is 905. The number of carbonyl (C=O) groups is 1. The van der Waals surface area contributed by atoms with E-state index < -0.39 is 0 Å². The molecular weight excluding hydrogens is 322 g/mol. The molecule has 2 aromatic carbocycles. The zero-order valence-corrected chi connectivity index (χ0v) is 14.1. The van der Waals surface area contributed by atoms with Gasteiger partial charge < -0.3 is 19.3 Å². The summed E-state index contributed by atoms with van der Waals surface area (Å²) in [4.78, 5) is 16.8. The van der Waals surface area contributed by atoms with Gasteiger partial charge >= 0.3 is 0 Å². The number of rotatable bonds is 5. The van der Waals surface area contributed by atoms with Crippen molar-refractivity contribution in [2.75, 3.05) is 19.5 Å². The summed E-state index contributed by atoms with van der Waals surface area (Å²) >= 11 is 0. The fourth-order valence-corrected chi connectivity index (χ4v) is 2.32. The monoisotopic (exact) mass is 339 g/mol. The molecule has 7 nitrogen and oxygen atoms in total. The zero-order chi connectivity index (χ0) is 17.8. The third-order valence-electron chi connectivity index (χ3n) is 3.57. The van der Waals surface area contributed by atoms with Crippen molar-refractivity contribution in [2.24, 2.45) is 0 Å². The van der Waals surface area contributed by atoms with Crippen LogP contribution in [0.5, 0.6) is 11.5 Å². The molecule has 0 aliphatic rings. The highest BCUT2D eigenvalue weighted by Gasteiger charge is 2.13. The minimum absolute atomic E-state index is 0.284. The molecule has 1 N–H and O–H groups in total. The van der Waals surface area contributed by atoms with Gasteiger partial charge in [0.1, 0.15) is 11.5 Å². The maximum absolute atomic E-state index is 12.6. The Balaban J connectivity index is 1.87. The maximum atomic E-state index is 12.6. The molecule has 0 aliphatic heterocycles. The number of ether oxygens (including phenoxy) is 2. The maximum Gasteiger partial charge on any atom is 0.255 e. The van der Waals surface area contributed by atoms with E-state index in [1.54, 1.807) is 50.4 Å². The number of carbonyl (C=O) groups excluding carboxylic acids is 1. The van der Waals surface area contributed by atoms with Crippen molar-refractivity contribution >= 4 is 11.6 Å². The minimum Gasteiger partial charge on any atom is -0.497 e. The van der Waals surface area contributed by atoms with Crippen LogP contribution in [0, 0.1) is 6.92 Å². The second-order valence-corrected chi connectivity index (χ2v) is 5.24. The van der Waals surface area contributed by atoms with E-state index in [0.717, 1.165) is 0 Å². The number of aryl methyl sites for hydroxylation is 1. The Morgan fingerprint density at radius 3 is 2.64 bits per heavy atom. The molecule has 0 atom stereocenters. The van der Waals surface area contributed by atoms with Gasteiger partial charge in [0.15, 0.2) is 0 Å². The summed E-state index contributed by atoms with van der Waals surface area (Å²) < 4.78 is 15.4. The normalized spacial score (nSPS) is 10.4. The number of nitrogens with zero attached hydrogens (tertiary/aromatic N) is 2. The lowest BCUT2D eigenvalue weighted by molar-refractivity contribution is 0.102. The van der Waals surface area contributed by atoms with Gasteiger partial charge in [0.05, 0.1) is 19.9 Å². The summed E-state index contributed by atoms with van der Waals surface area (Å²) in [7, 11) is 3.10. The van der Waals surface area contributed by atoms with E-state index in [9.17, 15) is 4.79 Å². The van der Waals surface area contributed by atoms with Crippen LogP contribution in [0.15, 0.2) is 47.0 Å². The Hall–Kier alpha value is -3.35. The molecule has 0 radical (unpaired) electrons. The van der Waals surface area contributed by atoms with Crippen molar-refractivity contribution in [3.05, 3.63) is 53.9 Å². The lowest BCUT2D eigenvalue weighted by atomic mass is 10.1. The van der Waals surface area contributed by atoms with Gasteiger partial charge in [0, 0.05) is 24.1 Å². The molecule has 25 heavy (non-hydrogen) atoms. The van der Waals surface area contributed by atoms with Crippen molar-refractivity contribution in [1.29, 1.82) is 0 Å². The predicted octanol–water partition coefficient (Wildman–Crippen LogP) is 3.31. The highest BCUT2D eigenvalue weighted by Crippen LogP contribution is 2.29. The molecule has 1 aromatic heterocycles. The van der Waals surface area contributed by atoms with Gasteiger partial charge in [0.2, 0.25) is 11.7 Å². The topological polar surface area (TPSA) is 86.5 Å². The minimum atomic E-state index is -0.284. The average Bonchev–Trinajstić information content (AvgIpc) is 3.08. The molecular formula is C18H17N3O4. The number of benzene rings is 2. The molecule has 3 rings (SSSR count). The fourth-order valence-electron chi connectivity index (χ4n) is 2.32. The molecule has 7 heteroatoms. The van der Waals surface area contributed by atoms with E-state index in [-0.39, 0.29) is 5.91 Å². The van der Waals surface area contributed by atoms with E-state index in [2.05, 4.69) is 15.5 Å². The Labute approximate surface area is 144 Å². The first-order chi connectivity index (χ1) is 12.1. The number of anilines is 1. The highest BCUT2D eigenvalue weighted by molar-refractivity contribution is 6.05. The van der Waals surface area contributed by atoms with E-state index in [1.807, 2.05) is 6.07 Å². The molecule has 0 bridgehead atoms. The number of amides is 1. The van der Waals surface area contributed by atoms with Crippen LogP contribution in [0.3, 0.4) is 0 Å². The predicted molar refractivity (Wildman–Crippen MR) is 92.0 cm³/mol. The van der Waals surface area contributed by atoms with Gasteiger partial charge in [-0.3, -0.25) is 4.79 Å².